The number of rotatable bonds is 7. The van der Waals surface area contributed by atoms with Gasteiger partial charge < -0.3 is 0 Å². The molecule has 0 spiro atoms. The normalized spacial score (nSPS) is 19.9. The van der Waals surface area contributed by atoms with Crippen molar-refractivity contribution < 1.29 is 0 Å². The predicted octanol–water partition coefficient (Wildman–Crippen LogP) is 9.96. The van der Waals surface area contributed by atoms with Crippen molar-refractivity contribution in [3.05, 3.63) is 35.4 Å². The van der Waals surface area contributed by atoms with Gasteiger partial charge in [0.15, 0.2) is 0 Å². The Morgan fingerprint density at radius 2 is 1.37 bits per heavy atom. The third-order valence-electron chi connectivity index (χ3n) is 7.17. The first kappa shape index (κ1) is 25.5. The fourth-order valence-corrected chi connectivity index (χ4v) is 5.82. The van der Waals surface area contributed by atoms with E-state index in [2.05, 4.69) is 79.7 Å². The predicted molar refractivity (Wildman–Crippen MR) is 135 cm³/mol. The highest BCUT2D eigenvalue weighted by Gasteiger charge is 2.39. The maximum Gasteiger partial charge on any atom is -0.0193 e. The molecule has 0 N–H and O–H groups in total. The maximum absolute atomic E-state index is 2.40. The molecule has 2 aliphatic carbocycles. The Morgan fingerprint density at radius 3 is 1.77 bits per heavy atom. The summed E-state index contributed by atoms with van der Waals surface area (Å²) in [6, 6.07) is 9.28. The SMILES string of the molecule is CC(C)(C)CC1(CC(C)(C)C)CCCC1.CCC(C)c1ccc(CCC2CC2)cc1. The minimum absolute atomic E-state index is 0.496. The van der Waals surface area contributed by atoms with Crippen molar-refractivity contribution in [2.75, 3.05) is 0 Å². The molecular weight excluding hydrogens is 360 g/mol. The van der Waals surface area contributed by atoms with E-state index in [-0.39, 0.29) is 0 Å². The van der Waals surface area contributed by atoms with Crippen LogP contribution in [-0.2, 0) is 6.42 Å². The summed E-state index contributed by atoms with van der Waals surface area (Å²) in [5.41, 5.74) is 4.67. The van der Waals surface area contributed by atoms with Gasteiger partial charge in [-0.2, -0.15) is 0 Å². The van der Waals surface area contributed by atoms with Crippen LogP contribution in [0.3, 0.4) is 0 Å². The van der Waals surface area contributed by atoms with E-state index in [1.165, 1.54) is 81.8 Å². The molecule has 0 aromatic heterocycles. The van der Waals surface area contributed by atoms with Gasteiger partial charge in [-0.05, 0) is 84.2 Å². The molecule has 2 aliphatic rings. The molecule has 0 amide bonds. The molecule has 1 aromatic rings. The van der Waals surface area contributed by atoms with Gasteiger partial charge in [0, 0.05) is 0 Å². The highest BCUT2D eigenvalue weighted by atomic mass is 14.4. The molecule has 0 heterocycles. The largest absolute Gasteiger partial charge is 0.0648 e. The summed E-state index contributed by atoms with van der Waals surface area (Å²) in [7, 11) is 0. The zero-order chi connectivity index (χ0) is 22.4. The molecule has 3 rings (SSSR count). The maximum atomic E-state index is 2.40. The van der Waals surface area contributed by atoms with E-state index >= 15 is 0 Å². The number of hydrogen-bond donors (Lipinski definition) is 0. The van der Waals surface area contributed by atoms with Crippen LogP contribution in [-0.4, -0.2) is 0 Å². The van der Waals surface area contributed by atoms with Crippen LogP contribution in [0, 0.1) is 22.2 Å². The summed E-state index contributed by atoms with van der Waals surface area (Å²) in [6.07, 6.45) is 15.6. The fraction of sp³-hybridized carbons (Fsp3) is 0.800. The number of benzene rings is 1. The van der Waals surface area contributed by atoms with Crippen molar-refractivity contribution in [3.8, 4) is 0 Å². The van der Waals surface area contributed by atoms with Gasteiger partial charge in [0.1, 0.15) is 0 Å². The van der Waals surface area contributed by atoms with E-state index < -0.39 is 0 Å². The molecule has 2 fully saturated rings. The topological polar surface area (TPSA) is 0 Å². The van der Waals surface area contributed by atoms with Crippen molar-refractivity contribution in [1.29, 1.82) is 0 Å². The van der Waals surface area contributed by atoms with Gasteiger partial charge in [0.25, 0.3) is 0 Å². The van der Waals surface area contributed by atoms with Gasteiger partial charge in [-0.25, -0.2) is 0 Å². The summed E-state index contributed by atoms with van der Waals surface area (Å²) >= 11 is 0. The standard InChI is InChI=1S/C15H22.C15H30/c1-3-12(2)15-10-8-14(9-11-15)7-6-13-4-5-13;1-13(2,3)11-15(9-7-8-10-15)12-14(4,5)6/h8-13H,3-7H2,1-2H3;7-12H2,1-6H3. The second-order valence-electron chi connectivity index (χ2n) is 13.2. The fourth-order valence-electron chi connectivity index (χ4n) is 5.82. The second-order valence-corrected chi connectivity index (χ2v) is 13.2. The zero-order valence-corrected chi connectivity index (χ0v) is 21.7. The average Bonchev–Trinajstić information content (AvgIpc) is 3.37. The molecular formula is C30H52. The van der Waals surface area contributed by atoms with Crippen molar-refractivity contribution in [2.24, 2.45) is 22.2 Å². The molecule has 30 heavy (non-hydrogen) atoms. The molecule has 0 bridgehead atoms. The molecule has 0 saturated heterocycles. The Balaban J connectivity index is 0.000000214. The monoisotopic (exact) mass is 412 g/mol. The lowest BCUT2D eigenvalue weighted by Crippen LogP contribution is -2.28. The quantitative estimate of drug-likeness (QED) is 0.418. The Labute approximate surface area is 189 Å². The van der Waals surface area contributed by atoms with Crippen LogP contribution >= 0.6 is 0 Å². The first-order valence-electron chi connectivity index (χ1n) is 13.0. The van der Waals surface area contributed by atoms with Gasteiger partial charge in [0.2, 0.25) is 0 Å². The van der Waals surface area contributed by atoms with Crippen molar-refractivity contribution in [2.45, 2.75) is 132 Å². The Kier molecular flexibility index (Phi) is 9.08. The smallest absolute Gasteiger partial charge is 0.0193 e. The summed E-state index contributed by atoms with van der Waals surface area (Å²) in [5, 5.41) is 0. The van der Waals surface area contributed by atoms with Crippen LogP contribution in [0.25, 0.3) is 0 Å². The third kappa shape index (κ3) is 9.57. The summed E-state index contributed by atoms with van der Waals surface area (Å²) in [6.45, 7) is 19.0. The van der Waals surface area contributed by atoms with Gasteiger partial charge in [-0.1, -0.05) is 105 Å². The number of aryl methyl sites for hydroxylation is 1. The highest BCUT2D eigenvalue weighted by Crippen LogP contribution is 2.52. The van der Waals surface area contributed by atoms with Crippen LogP contribution in [0.2, 0.25) is 0 Å². The van der Waals surface area contributed by atoms with E-state index in [1.54, 1.807) is 0 Å². The Hall–Kier alpha value is -0.780. The summed E-state index contributed by atoms with van der Waals surface area (Å²) in [4.78, 5) is 0. The lowest BCUT2D eigenvalue weighted by atomic mass is 9.65. The molecule has 0 radical (unpaired) electrons. The van der Waals surface area contributed by atoms with Crippen LogP contribution in [0.5, 0.6) is 0 Å². The lowest BCUT2D eigenvalue weighted by molar-refractivity contribution is 0.111. The zero-order valence-electron chi connectivity index (χ0n) is 21.7. The Bertz CT molecular complexity index is 579. The lowest BCUT2D eigenvalue weighted by Gasteiger charge is -2.40. The minimum Gasteiger partial charge on any atom is -0.0648 e. The van der Waals surface area contributed by atoms with Crippen molar-refractivity contribution in [1.82, 2.24) is 0 Å². The van der Waals surface area contributed by atoms with E-state index in [9.17, 15) is 0 Å². The summed E-state index contributed by atoms with van der Waals surface area (Å²) < 4.78 is 0. The third-order valence-corrected chi connectivity index (χ3v) is 7.17. The molecule has 1 unspecified atom stereocenters. The van der Waals surface area contributed by atoms with E-state index in [0.29, 0.717) is 22.2 Å². The average molecular weight is 413 g/mol. The molecule has 1 aromatic carbocycles. The van der Waals surface area contributed by atoms with Gasteiger partial charge >= 0.3 is 0 Å². The van der Waals surface area contributed by atoms with Crippen LogP contribution < -0.4 is 0 Å². The van der Waals surface area contributed by atoms with Crippen LogP contribution in [0.15, 0.2) is 24.3 Å². The van der Waals surface area contributed by atoms with Crippen LogP contribution in [0.4, 0.5) is 0 Å². The molecule has 0 nitrogen and oxygen atoms in total. The molecule has 0 aliphatic heterocycles. The van der Waals surface area contributed by atoms with Gasteiger partial charge in [-0.15, -0.1) is 0 Å². The van der Waals surface area contributed by atoms with Crippen molar-refractivity contribution >= 4 is 0 Å². The Morgan fingerprint density at radius 1 is 0.867 bits per heavy atom. The minimum atomic E-state index is 0.496. The molecule has 2 saturated carbocycles. The molecule has 0 heteroatoms. The van der Waals surface area contributed by atoms with Crippen LogP contribution in [0.1, 0.15) is 137 Å². The van der Waals surface area contributed by atoms with Gasteiger partial charge in [0.05, 0.1) is 0 Å². The van der Waals surface area contributed by atoms with E-state index in [4.69, 9.17) is 0 Å². The molecule has 172 valence electrons. The highest BCUT2D eigenvalue weighted by molar-refractivity contribution is 5.25. The van der Waals surface area contributed by atoms with Gasteiger partial charge in [-0.3, -0.25) is 0 Å². The first-order chi connectivity index (χ1) is 13.9. The van der Waals surface area contributed by atoms with E-state index in [0.717, 1.165) is 5.92 Å². The number of hydrogen-bond acceptors (Lipinski definition) is 0. The van der Waals surface area contributed by atoms with Crippen molar-refractivity contribution in [3.63, 3.8) is 0 Å². The first-order valence-corrected chi connectivity index (χ1v) is 13.0. The summed E-state index contributed by atoms with van der Waals surface area (Å²) in [5.74, 6) is 1.77. The second kappa shape index (κ2) is 10.7. The van der Waals surface area contributed by atoms with E-state index in [1.807, 2.05) is 0 Å². The molecule has 1 atom stereocenters.